The summed E-state index contributed by atoms with van der Waals surface area (Å²) in [5, 5.41) is 0. The molecule has 0 bridgehead atoms. The number of carbonyl (C=O) groups excluding carboxylic acids is 1. The Kier molecular flexibility index (Phi) is 4.04. The predicted octanol–water partition coefficient (Wildman–Crippen LogP) is 1.24. The molecular weight excluding hydrogens is 234 g/mol. The zero-order valence-corrected chi connectivity index (χ0v) is 10.3. The Morgan fingerprint density at radius 2 is 2.22 bits per heavy atom. The minimum atomic E-state index is -0.538. The Morgan fingerprint density at radius 3 is 3.00 bits per heavy atom. The highest BCUT2D eigenvalue weighted by Crippen LogP contribution is 2.32. The lowest BCUT2D eigenvalue weighted by Crippen LogP contribution is -2.31. The molecule has 1 aliphatic heterocycles. The van der Waals surface area contributed by atoms with Crippen molar-refractivity contribution in [3.05, 3.63) is 23.8 Å². The van der Waals surface area contributed by atoms with Crippen LogP contribution in [0.2, 0.25) is 0 Å². The van der Waals surface area contributed by atoms with Crippen LogP contribution in [0.15, 0.2) is 18.2 Å². The van der Waals surface area contributed by atoms with E-state index in [0.29, 0.717) is 6.42 Å². The summed E-state index contributed by atoms with van der Waals surface area (Å²) in [6.45, 7) is 0.284. The van der Waals surface area contributed by atoms with Gasteiger partial charge in [-0.2, -0.15) is 0 Å². The van der Waals surface area contributed by atoms with E-state index in [1.54, 1.807) is 0 Å². The van der Waals surface area contributed by atoms with E-state index in [2.05, 4.69) is 4.74 Å². The van der Waals surface area contributed by atoms with E-state index in [0.717, 1.165) is 29.9 Å². The molecule has 2 N–H and O–H groups in total. The van der Waals surface area contributed by atoms with Gasteiger partial charge in [0.2, 0.25) is 6.79 Å². The van der Waals surface area contributed by atoms with Crippen LogP contribution in [-0.4, -0.2) is 25.9 Å². The van der Waals surface area contributed by atoms with Crippen molar-refractivity contribution in [2.45, 2.75) is 25.3 Å². The van der Waals surface area contributed by atoms with Gasteiger partial charge >= 0.3 is 5.97 Å². The van der Waals surface area contributed by atoms with Crippen LogP contribution in [0.3, 0.4) is 0 Å². The maximum absolute atomic E-state index is 11.1. The first-order chi connectivity index (χ1) is 8.70. The molecule has 0 saturated carbocycles. The zero-order valence-electron chi connectivity index (χ0n) is 10.3. The van der Waals surface area contributed by atoms with Crippen LogP contribution in [0.25, 0.3) is 0 Å². The highest BCUT2D eigenvalue weighted by Gasteiger charge is 2.15. The summed E-state index contributed by atoms with van der Waals surface area (Å²) in [6, 6.07) is 5.32. The molecule has 1 aromatic carbocycles. The van der Waals surface area contributed by atoms with Crippen molar-refractivity contribution in [1.82, 2.24) is 0 Å². The number of carbonyl (C=O) groups is 1. The van der Waals surface area contributed by atoms with Gasteiger partial charge in [-0.1, -0.05) is 6.07 Å². The van der Waals surface area contributed by atoms with Gasteiger partial charge in [-0.25, -0.2) is 0 Å². The molecule has 0 radical (unpaired) electrons. The van der Waals surface area contributed by atoms with Crippen LogP contribution in [0.5, 0.6) is 11.5 Å². The number of nitrogens with two attached hydrogens (primary N) is 1. The average Bonchev–Trinajstić information content (AvgIpc) is 2.85. The molecule has 0 aliphatic carbocycles. The summed E-state index contributed by atoms with van der Waals surface area (Å²) in [5.74, 6) is 1.20. The standard InChI is InChI=1S/C13H17NO4/c1-16-13(15)10(14)4-2-3-9-5-6-11-12(7-9)18-8-17-11/h5-7,10H,2-4,8,14H2,1H3. The number of rotatable bonds is 5. The molecular formula is C13H17NO4. The molecule has 0 saturated heterocycles. The van der Waals surface area contributed by atoms with Crippen molar-refractivity contribution in [3.8, 4) is 11.5 Å². The normalized spacial score (nSPS) is 14.3. The number of hydrogen-bond donors (Lipinski definition) is 1. The van der Waals surface area contributed by atoms with Gasteiger partial charge in [0.05, 0.1) is 7.11 Å². The first kappa shape index (κ1) is 12.7. The van der Waals surface area contributed by atoms with E-state index in [4.69, 9.17) is 15.2 Å². The molecule has 1 aliphatic rings. The second kappa shape index (κ2) is 5.73. The van der Waals surface area contributed by atoms with Crippen LogP contribution < -0.4 is 15.2 Å². The van der Waals surface area contributed by atoms with Gasteiger partial charge in [-0.05, 0) is 37.0 Å². The van der Waals surface area contributed by atoms with Crippen molar-refractivity contribution >= 4 is 5.97 Å². The predicted molar refractivity (Wildman–Crippen MR) is 65.5 cm³/mol. The highest BCUT2D eigenvalue weighted by atomic mass is 16.7. The molecule has 18 heavy (non-hydrogen) atoms. The summed E-state index contributed by atoms with van der Waals surface area (Å²) in [7, 11) is 1.35. The zero-order chi connectivity index (χ0) is 13.0. The van der Waals surface area contributed by atoms with Crippen LogP contribution >= 0.6 is 0 Å². The van der Waals surface area contributed by atoms with Crippen LogP contribution in [0, 0.1) is 0 Å². The molecule has 0 aromatic heterocycles. The van der Waals surface area contributed by atoms with Gasteiger partial charge in [0.1, 0.15) is 6.04 Å². The van der Waals surface area contributed by atoms with Crippen LogP contribution in [-0.2, 0) is 16.0 Å². The Balaban J connectivity index is 1.82. The van der Waals surface area contributed by atoms with Crippen molar-refractivity contribution in [3.63, 3.8) is 0 Å². The molecule has 2 rings (SSSR count). The van der Waals surface area contributed by atoms with Gasteiger partial charge < -0.3 is 19.9 Å². The monoisotopic (exact) mass is 251 g/mol. The molecule has 5 heteroatoms. The number of hydrogen-bond acceptors (Lipinski definition) is 5. The summed E-state index contributed by atoms with van der Waals surface area (Å²) in [4.78, 5) is 11.1. The fourth-order valence-corrected chi connectivity index (χ4v) is 1.89. The van der Waals surface area contributed by atoms with Gasteiger partial charge in [0, 0.05) is 0 Å². The summed E-state index contributed by atoms with van der Waals surface area (Å²) in [6.07, 6.45) is 2.29. The van der Waals surface area contributed by atoms with Crippen molar-refractivity contribution in [2.24, 2.45) is 5.73 Å². The second-order valence-electron chi connectivity index (χ2n) is 4.21. The van der Waals surface area contributed by atoms with Gasteiger partial charge in [0.15, 0.2) is 11.5 Å². The van der Waals surface area contributed by atoms with E-state index >= 15 is 0 Å². The molecule has 1 aromatic rings. The van der Waals surface area contributed by atoms with E-state index in [1.807, 2.05) is 18.2 Å². The molecule has 0 amide bonds. The lowest BCUT2D eigenvalue weighted by molar-refractivity contribution is -0.142. The Hall–Kier alpha value is -1.75. The molecule has 1 unspecified atom stereocenters. The maximum atomic E-state index is 11.1. The van der Waals surface area contributed by atoms with Crippen LogP contribution in [0.4, 0.5) is 0 Å². The molecule has 1 heterocycles. The number of esters is 1. The number of aryl methyl sites for hydroxylation is 1. The number of fused-ring (bicyclic) bond motifs is 1. The summed E-state index contributed by atoms with van der Waals surface area (Å²) in [5.41, 5.74) is 6.81. The van der Waals surface area contributed by atoms with E-state index < -0.39 is 6.04 Å². The molecule has 5 nitrogen and oxygen atoms in total. The molecule has 1 atom stereocenters. The topological polar surface area (TPSA) is 70.8 Å². The first-order valence-corrected chi connectivity index (χ1v) is 5.92. The van der Waals surface area contributed by atoms with E-state index in [1.165, 1.54) is 7.11 Å². The highest BCUT2D eigenvalue weighted by molar-refractivity contribution is 5.75. The van der Waals surface area contributed by atoms with Gasteiger partial charge in [-0.15, -0.1) is 0 Å². The first-order valence-electron chi connectivity index (χ1n) is 5.92. The van der Waals surface area contributed by atoms with Gasteiger partial charge in [-0.3, -0.25) is 4.79 Å². The van der Waals surface area contributed by atoms with Crippen molar-refractivity contribution in [1.29, 1.82) is 0 Å². The lowest BCUT2D eigenvalue weighted by atomic mass is 10.0. The van der Waals surface area contributed by atoms with Crippen molar-refractivity contribution in [2.75, 3.05) is 13.9 Å². The third kappa shape index (κ3) is 2.92. The summed E-state index contributed by atoms with van der Waals surface area (Å²) < 4.78 is 15.1. The summed E-state index contributed by atoms with van der Waals surface area (Å²) >= 11 is 0. The Labute approximate surface area is 106 Å². The largest absolute Gasteiger partial charge is 0.468 e. The fourth-order valence-electron chi connectivity index (χ4n) is 1.89. The van der Waals surface area contributed by atoms with Crippen LogP contribution in [0.1, 0.15) is 18.4 Å². The second-order valence-corrected chi connectivity index (χ2v) is 4.21. The Bertz CT molecular complexity index is 433. The third-order valence-corrected chi connectivity index (χ3v) is 2.92. The smallest absolute Gasteiger partial charge is 0.322 e. The number of methoxy groups -OCH3 is 1. The molecule has 98 valence electrons. The number of benzene rings is 1. The molecule has 0 fully saturated rings. The minimum Gasteiger partial charge on any atom is -0.468 e. The van der Waals surface area contributed by atoms with E-state index in [-0.39, 0.29) is 12.8 Å². The quantitative estimate of drug-likeness (QED) is 0.797. The maximum Gasteiger partial charge on any atom is 0.322 e. The SMILES string of the molecule is COC(=O)C(N)CCCc1ccc2c(c1)OCO2. The number of ether oxygens (including phenoxy) is 3. The van der Waals surface area contributed by atoms with E-state index in [9.17, 15) is 4.79 Å². The third-order valence-electron chi connectivity index (χ3n) is 2.92. The minimum absolute atomic E-state index is 0.284. The lowest BCUT2D eigenvalue weighted by Gasteiger charge is -2.08. The fraction of sp³-hybridized carbons (Fsp3) is 0.462. The Morgan fingerprint density at radius 1 is 1.44 bits per heavy atom. The van der Waals surface area contributed by atoms with Gasteiger partial charge in [0.25, 0.3) is 0 Å². The average molecular weight is 251 g/mol. The van der Waals surface area contributed by atoms with Crippen molar-refractivity contribution < 1.29 is 19.0 Å². The molecule has 0 spiro atoms.